The Morgan fingerprint density at radius 3 is 2.54 bits per heavy atom. The zero-order valence-electron chi connectivity index (χ0n) is 19.0. The van der Waals surface area contributed by atoms with Gasteiger partial charge in [0, 0.05) is 16.3 Å². The first-order chi connectivity index (χ1) is 16.7. The number of ether oxygens (including phenoxy) is 1. The van der Waals surface area contributed by atoms with Gasteiger partial charge in [0.25, 0.3) is 0 Å². The number of hydrogen-bond donors (Lipinski definition) is 4. The lowest BCUT2D eigenvalue weighted by atomic mass is 9.96. The van der Waals surface area contributed by atoms with Gasteiger partial charge >= 0.3 is 0 Å². The number of benzene rings is 2. The summed E-state index contributed by atoms with van der Waals surface area (Å²) in [6.07, 6.45) is -7.64. The van der Waals surface area contributed by atoms with E-state index in [0.717, 1.165) is 22.8 Å². The summed E-state index contributed by atoms with van der Waals surface area (Å²) in [5.74, 6) is -0.860. The van der Waals surface area contributed by atoms with Crippen LogP contribution in [0.4, 0.5) is 17.1 Å². The molecule has 2 aromatic rings. The van der Waals surface area contributed by atoms with Crippen LogP contribution in [0.15, 0.2) is 47.5 Å². The van der Waals surface area contributed by atoms with E-state index in [-0.39, 0.29) is 4.48 Å². The molecule has 2 saturated heterocycles. The van der Waals surface area contributed by atoms with Gasteiger partial charge in [0.1, 0.15) is 24.1 Å². The maximum absolute atomic E-state index is 11.4. The first-order valence-corrected chi connectivity index (χ1v) is 11.8. The fourth-order valence-electron chi connectivity index (χ4n) is 5.01. The van der Waals surface area contributed by atoms with Crippen molar-refractivity contribution in [1.82, 2.24) is 4.90 Å². The summed E-state index contributed by atoms with van der Waals surface area (Å²) in [6, 6.07) is 13.4. The maximum atomic E-state index is 11.4. The van der Waals surface area contributed by atoms with Gasteiger partial charge in [0.15, 0.2) is 6.10 Å². The number of nitrogens with one attached hydrogen (secondary N) is 1. The summed E-state index contributed by atoms with van der Waals surface area (Å²) in [6.45, 7) is 2.00. The molecule has 5 rings (SSSR count). The summed E-state index contributed by atoms with van der Waals surface area (Å²) in [7, 11) is 1.83. The number of aliphatic carboxylic acids is 1. The van der Waals surface area contributed by atoms with Crippen molar-refractivity contribution in [2.75, 3.05) is 38.5 Å². The average Bonchev–Trinajstić information content (AvgIpc) is 2.99. The van der Waals surface area contributed by atoms with Crippen LogP contribution in [0.25, 0.3) is 0 Å². The van der Waals surface area contributed by atoms with Crippen molar-refractivity contribution >= 4 is 40.5 Å². The number of hydrogen-bond acceptors (Lipinski definition) is 9. The number of anilines is 2. The molecule has 0 amide bonds. The fraction of sp³-hybridized carbons (Fsp3) is 0.417. The number of amidine groups is 1. The number of carboxylic acid groups (broad SMARTS) is 1. The van der Waals surface area contributed by atoms with Crippen LogP contribution in [0.3, 0.4) is 0 Å². The lowest BCUT2D eigenvalue weighted by molar-refractivity contribution is -0.964. The topological polar surface area (TPSA) is 138 Å². The normalized spacial score (nSPS) is 29.8. The van der Waals surface area contributed by atoms with Crippen molar-refractivity contribution in [3.05, 3.63) is 53.1 Å². The Bertz CT molecular complexity index is 1170. The predicted molar refractivity (Wildman–Crippen MR) is 127 cm³/mol. The Morgan fingerprint density at radius 1 is 1.11 bits per heavy atom. The number of quaternary nitrogens is 1. The number of likely N-dealkylation sites (N-methyl/N-ethyl adjacent to an activating group) is 1. The summed E-state index contributed by atoms with van der Waals surface area (Å²) in [5.41, 5.74) is 3.40. The molecule has 0 aliphatic carbocycles. The van der Waals surface area contributed by atoms with E-state index in [4.69, 9.17) is 21.3 Å². The molecule has 0 aromatic heterocycles. The highest BCUT2D eigenvalue weighted by atomic mass is 35.5. The van der Waals surface area contributed by atoms with Gasteiger partial charge in [-0.05, 0) is 30.3 Å². The summed E-state index contributed by atoms with van der Waals surface area (Å²) in [4.78, 5) is 18.5. The quantitative estimate of drug-likeness (QED) is 0.414. The van der Waals surface area contributed by atoms with Crippen molar-refractivity contribution in [2.45, 2.75) is 30.6 Å². The minimum absolute atomic E-state index is 0.154. The highest BCUT2D eigenvalue weighted by Crippen LogP contribution is 2.37. The Hall–Kier alpha value is -2.73. The van der Waals surface area contributed by atoms with Gasteiger partial charge in [-0.25, -0.2) is 4.99 Å². The number of halogens is 1. The standard InChI is InChI=1S/C24H27ClN4O6/c1-29(23-20(32)18(30)19(31)21(35-23)24(33)34)10-8-28(9-11-29)22-14-4-2-3-5-15(14)26-16-7-6-13(25)12-17(16)27-22/h2-7,12,18-21,23,30-32H,8-11H2,1H3,(H-,26,27,33,34)/t18?,19-,20?,21-,23+/m0/s1. The van der Waals surface area contributed by atoms with Crippen LogP contribution >= 0.6 is 11.6 Å². The summed E-state index contributed by atoms with van der Waals surface area (Å²) in [5, 5.41) is 46.3. The van der Waals surface area contributed by atoms with Gasteiger partial charge < -0.3 is 40.2 Å². The number of carbonyl (C=O) groups is 1. The molecule has 186 valence electrons. The van der Waals surface area contributed by atoms with Crippen LogP contribution in [-0.4, -0.2) is 100 Å². The van der Waals surface area contributed by atoms with Gasteiger partial charge in [-0.1, -0.05) is 23.7 Å². The number of nitrogens with zero attached hydrogens (tertiary/aromatic N) is 3. The number of para-hydroxylation sites is 1. The molecule has 11 heteroatoms. The molecule has 0 radical (unpaired) electrons. The van der Waals surface area contributed by atoms with Crippen molar-refractivity contribution in [3.63, 3.8) is 0 Å². The minimum atomic E-state index is -1.77. The Balaban J connectivity index is 1.42. The zero-order valence-corrected chi connectivity index (χ0v) is 19.8. The van der Waals surface area contributed by atoms with Crippen molar-refractivity contribution < 1.29 is 34.4 Å². The van der Waals surface area contributed by atoms with Crippen LogP contribution in [0.5, 0.6) is 0 Å². The summed E-state index contributed by atoms with van der Waals surface area (Å²) < 4.78 is 5.73. The molecule has 35 heavy (non-hydrogen) atoms. The molecule has 2 unspecified atom stereocenters. The number of fused-ring (bicyclic) bond motifs is 2. The number of piperazine rings is 1. The molecule has 2 aromatic carbocycles. The van der Waals surface area contributed by atoms with E-state index >= 15 is 0 Å². The molecular formula is C24H27ClN4O6. The molecular weight excluding hydrogens is 476 g/mol. The molecule has 0 bridgehead atoms. The second-order valence-electron chi connectivity index (χ2n) is 9.42. The Kier molecular flexibility index (Phi) is 6.20. The van der Waals surface area contributed by atoms with Gasteiger partial charge in [-0.15, -0.1) is 0 Å². The molecule has 0 saturated carbocycles. The molecule has 3 aliphatic heterocycles. The molecule has 4 N–H and O–H groups in total. The van der Waals surface area contributed by atoms with E-state index < -0.39 is 36.6 Å². The molecule has 0 spiro atoms. The lowest BCUT2D eigenvalue weighted by Crippen LogP contribution is -2.73. The summed E-state index contributed by atoms with van der Waals surface area (Å²) >= 11 is 6.23. The average molecular weight is 503 g/mol. The maximum Gasteiger partial charge on any atom is 0.223 e. The number of aliphatic hydroxyl groups is 3. The number of aliphatic hydroxyl groups excluding tert-OH is 3. The van der Waals surface area contributed by atoms with Crippen molar-refractivity contribution in [3.8, 4) is 0 Å². The highest BCUT2D eigenvalue weighted by molar-refractivity contribution is 6.31. The number of carbonyl (C=O) groups excluding carboxylic acids is 1. The second kappa shape index (κ2) is 9.05. The van der Waals surface area contributed by atoms with Crippen molar-refractivity contribution in [1.29, 1.82) is 0 Å². The third-order valence-corrected chi connectivity index (χ3v) is 7.35. The monoisotopic (exact) mass is 502 g/mol. The van der Waals surface area contributed by atoms with Gasteiger partial charge in [-0.2, -0.15) is 0 Å². The van der Waals surface area contributed by atoms with Crippen LogP contribution in [-0.2, 0) is 9.53 Å². The van der Waals surface area contributed by atoms with Crippen LogP contribution in [0.1, 0.15) is 5.56 Å². The van der Waals surface area contributed by atoms with E-state index in [1.165, 1.54) is 0 Å². The Morgan fingerprint density at radius 2 is 1.83 bits per heavy atom. The van der Waals surface area contributed by atoms with Crippen LogP contribution in [0.2, 0.25) is 5.02 Å². The van der Waals surface area contributed by atoms with E-state index in [1.54, 1.807) is 12.1 Å². The molecule has 3 heterocycles. The second-order valence-corrected chi connectivity index (χ2v) is 9.86. The number of carboxylic acids is 1. The van der Waals surface area contributed by atoms with Crippen molar-refractivity contribution in [2.24, 2.45) is 4.99 Å². The van der Waals surface area contributed by atoms with Gasteiger partial charge in [0.2, 0.25) is 6.23 Å². The largest absolute Gasteiger partial charge is 0.547 e. The van der Waals surface area contributed by atoms with E-state index in [1.807, 2.05) is 37.4 Å². The predicted octanol–water partition coefficient (Wildman–Crippen LogP) is -0.205. The Labute approximate surface area is 207 Å². The van der Waals surface area contributed by atoms with Crippen LogP contribution in [0, 0.1) is 0 Å². The van der Waals surface area contributed by atoms with E-state index in [0.29, 0.717) is 36.9 Å². The third kappa shape index (κ3) is 4.26. The molecule has 3 aliphatic rings. The molecule has 2 fully saturated rings. The lowest BCUT2D eigenvalue weighted by Gasteiger charge is -2.52. The molecule has 5 atom stereocenters. The zero-order chi connectivity index (χ0) is 24.9. The minimum Gasteiger partial charge on any atom is -0.547 e. The van der Waals surface area contributed by atoms with Gasteiger partial charge in [-0.3, -0.25) is 4.48 Å². The third-order valence-electron chi connectivity index (χ3n) is 7.12. The molecule has 10 nitrogen and oxygen atoms in total. The highest BCUT2D eigenvalue weighted by Gasteiger charge is 2.53. The van der Waals surface area contributed by atoms with Crippen LogP contribution < -0.4 is 10.4 Å². The first-order valence-electron chi connectivity index (χ1n) is 11.4. The fourth-order valence-corrected chi connectivity index (χ4v) is 5.18. The van der Waals surface area contributed by atoms with E-state index in [2.05, 4.69) is 10.2 Å². The number of rotatable bonds is 2. The van der Waals surface area contributed by atoms with E-state index in [9.17, 15) is 25.2 Å². The SMILES string of the molecule is C[N+]1([C@@H]2O[C@H](C(=O)[O-])[C@@H](O)C(O)C2O)CCN(C2=Nc3cc(Cl)ccc3Nc3ccccc32)CC1. The number of aliphatic imine (C=N–C) groups is 1. The smallest absolute Gasteiger partial charge is 0.223 e. The first kappa shape index (κ1) is 24.0. The van der Waals surface area contributed by atoms with Gasteiger partial charge in [0.05, 0.1) is 50.6 Å².